The molecule has 1 saturated heterocycles. The monoisotopic (exact) mass is 486 g/mol. The van der Waals surface area contributed by atoms with Crippen molar-refractivity contribution in [1.82, 2.24) is 29.7 Å². The number of nitrogens with zero attached hydrogens (tertiary/aromatic N) is 5. The maximum atomic E-state index is 13.9. The van der Waals surface area contributed by atoms with Crippen molar-refractivity contribution in [3.8, 4) is 22.6 Å². The molecule has 1 N–H and O–H groups in total. The van der Waals surface area contributed by atoms with E-state index in [0.717, 1.165) is 17.4 Å². The summed E-state index contributed by atoms with van der Waals surface area (Å²) >= 11 is 0. The number of fused-ring (bicyclic) bond motifs is 1. The molecular weight excluding hydrogens is 465 g/mol. The summed E-state index contributed by atoms with van der Waals surface area (Å²) in [4.78, 5) is 31.3. The Labute approximate surface area is 196 Å². The van der Waals surface area contributed by atoms with Crippen molar-refractivity contribution < 1.29 is 22.4 Å². The third-order valence-corrected chi connectivity index (χ3v) is 6.15. The lowest BCUT2D eigenvalue weighted by Crippen LogP contribution is -2.37. The number of halogens is 3. The van der Waals surface area contributed by atoms with E-state index in [2.05, 4.69) is 20.3 Å². The summed E-state index contributed by atoms with van der Waals surface area (Å²) in [5, 5.41) is 10.2. The number of aromatic amines is 1. The smallest absolute Gasteiger partial charge is 0.418 e. The maximum Gasteiger partial charge on any atom is 0.433 e. The fraction of sp³-hybridized carbons (Fsp3) is 0.348. The zero-order valence-electron chi connectivity index (χ0n) is 18.9. The highest BCUT2D eigenvalue weighted by atomic mass is 19.4. The molecule has 182 valence electrons. The molecule has 0 bridgehead atoms. The third-order valence-electron chi connectivity index (χ3n) is 6.15. The number of alkyl halides is 3. The van der Waals surface area contributed by atoms with Crippen LogP contribution in [0.15, 0.2) is 39.5 Å². The molecule has 12 heteroatoms. The number of hydrogen-bond acceptors (Lipinski definition) is 6. The lowest BCUT2D eigenvalue weighted by Gasteiger charge is -2.32. The van der Waals surface area contributed by atoms with Gasteiger partial charge in [-0.1, -0.05) is 30.3 Å². The number of hydrogen-bond donors (Lipinski definition) is 1. The van der Waals surface area contributed by atoms with Crippen LogP contribution in [0.2, 0.25) is 0 Å². The largest absolute Gasteiger partial charge is 0.433 e. The number of nitrogens with one attached hydrogen (secondary N) is 1. The third kappa shape index (κ3) is 3.88. The molecule has 1 amide bonds. The first-order valence-corrected chi connectivity index (χ1v) is 11.1. The van der Waals surface area contributed by atoms with Gasteiger partial charge in [0, 0.05) is 13.5 Å². The van der Waals surface area contributed by atoms with E-state index in [1.54, 1.807) is 23.1 Å². The van der Waals surface area contributed by atoms with Crippen molar-refractivity contribution in [2.24, 2.45) is 0 Å². The Hall–Kier alpha value is -3.96. The average Bonchev–Trinajstić information content (AvgIpc) is 3.45. The number of aromatic nitrogens is 5. The van der Waals surface area contributed by atoms with E-state index in [0.29, 0.717) is 13.0 Å². The van der Waals surface area contributed by atoms with Crippen LogP contribution in [0, 0.1) is 6.92 Å². The standard InChI is InChI=1S/C23H21F3N6O3/c1-12-16(21-29-28-20(35-21)15-10-6-7-11-31(15)13(2)33)22(34)32-19(27-12)17(14-8-4-3-5-9-14)18(30-32)23(24,25)26/h3-5,8-9,15,30H,6-7,10-11H2,1-2H3. The predicted molar refractivity (Wildman–Crippen MR) is 118 cm³/mol. The van der Waals surface area contributed by atoms with Gasteiger partial charge in [0.2, 0.25) is 11.8 Å². The van der Waals surface area contributed by atoms with Gasteiger partial charge in [0.15, 0.2) is 5.65 Å². The average molecular weight is 486 g/mol. The van der Waals surface area contributed by atoms with Crippen molar-refractivity contribution in [3.63, 3.8) is 0 Å². The Bertz CT molecular complexity index is 1470. The summed E-state index contributed by atoms with van der Waals surface area (Å²) in [6.07, 6.45) is -2.40. The van der Waals surface area contributed by atoms with Crippen LogP contribution in [0.5, 0.6) is 0 Å². The molecule has 1 aliphatic rings. The van der Waals surface area contributed by atoms with Crippen molar-refractivity contribution in [2.75, 3.05) is 6.54 Å². The predicted octanol–water partition coefficient (Wildman–Crippen LogP) is 4.14. The quantitative estimate of drug-likeness (QED) is 0.466. The van der Waals surface area contributed by atoms with E-state index in [4.69, 9.17) is 4.42 Å². The zero-order valence-corrected chi connectivity index (χ0v) is 18.9. The fourth-order valence-corrected chi connectivity index (χ4v) is 4.54. The van der Waals surface area contributed by atoms with Gasteiger partial charge in [-0.2, -0.15) is 17.7 Å². The molecule has 1 aromatic carbocycles. The Morgan fingerprint density at radius 3 is 2.57 bits per heavy atom. The van der Waals surface area contributed by atoms with Gasteiger partial charge in [0.1, 0.15) is 17.3 Å². The topological polar surface area (TPSA) is 109 Å². The maximum absolute atomic E-state index is 13.9. The van der Waals surface area contributed by atoms with E-state index in [1.165, 1.54) is 26.0 Å². The highest BCUT2D eigenvalue weighted by Crippen LogP contribution is 2.38. The number of amides is 1. The SMILES string of the molecule is CC(=O)N1CCCCC1c1nnc(-c2c(C)nc3c(-c4ccccc4)c(C(F)(F)F)[nH]n3c2=O)o1. The van der Waals surface area contributed by atoms with Gasteiger partial charge >= 0.3 is 6.18 Å². The normalized spacial score (nSPS) is 16.7. The van der Waals surface area contributed by atoms with Gasteiger partial charge in [-0.25, -0.2) is 4.98 Å². The first-order valence-electron chi connectivity index (χ1n) is 11.1. The molecule has 4 aromatic rings. The van der Waals surface area contributed by atoms with Crippen molar-refractivity contribution in [3.05, 3.63) is 58.0 Å². The molecule has 0 spiro atoms. The summed E-state index contributed by atoms with van der Waals surface area (Å²) in [6, 6.07) is 7.50. The minimum atomic E-state index is -4.76. The molecule has 4 heterocycles. The van der Waals surface area contributed by atoms with Gasteiger partial charge in [-0.05, 0) is 31.7 Å². The Balaban J connectivity index is 1.66. The van der Waals surface area contributed by atoms with Crippen molar-refractivity contribution >= 4 is 11.6 Å². The first kappa shape index (κ1) is 22.8. The molecule has 5 rings (SSSR count). The van der Waals surface area contributed by atoms with E-state index >= 15 is 0 Å². The Morgan fingerprint density at radius 2 is 1.89 bits per heavy atom. The lowest BCUT2D eigenvalue weighted by atomic mass is 10.0. The second-order valence-electron chi connectivity index (χ2n) is 8.43. The minimum absolute atomic E-state index is 0.110. The first-order chi connectivity index (χ1) is 16.7. The number of benzene rings is 1. The molecule has 0 radical (unpaired) electrons. The highest BCUT2D eigenvalue weighted by molar-refractivity contribution is 5.81. The number of piperidine rings is 1. The summed E-state index contributed by atoms with van der Waals surface area (Å²) in [5.74, 6) is -0.123. The summed E-state index contributed by atoms with van der Waals surface area (Å²) < 4.78 is 48.2. The number of rotatable bonds is 3. The van der Waals surface area contributed by atoms with Gasteiger partial charge in [0.05, 0.1) is 11.3 Å². The molecule has 1 unspecified atom stereocenters. The van der Waals surface area contributed by atoms with Crippen LogP contribution < -0.4 is 5.56 Å². The van der Waals surface area contributed by atoms with E-state index in [-0.39, 0.29) is 45.7 Å². The molecular formula is C23H21F3N6O3. The molecule has 3 aromatic heterocycles. The van der Waals surface area contributed by atoms with Gasteiger partial charge in [-0.15, -0.1) is 10.2 Å². The second kappa shape index (κ2) is 8.36. The van der Waals surface area contributed by atoms with Crippen LogP contribution in [-0.2, 0) is 11.0 Å². The van der Waals surface area contributed by atoms with Crippen LogP contribution in [0.1, 0.15) is 49.5 Å². The number of carbonyl (C=O) groups is 1. The molecule has 1 fully saturated rings. The van der Waals surface area contributed by atoms with Gasteiger partial charge < -0.3 is 9.32 Å². The molecule has 0 aliphatic carbocycles. The van der Waals surface area contributed by atoms with Crippen molar-refractivity contribution in [1.29, 1.82) is 0 Å². The van der Waals surface area contributed by atoms with E-state index < -0.39 is 23.5 Å². The summed E-state index contributed by atoms with van der Waals surface area (Å²) in [5.41, 5.74) is -1.99. The Kier molecular flexibility index (Phi) is 5.45. The van der Waals surface area contributed by atoms with Crippen LogP contribution in [0.25, 0.3) is 28.2 Å². The van der Waals surface area contributed by atoms with Crippen LogP contribution in [0.4, 0.5) is 13.2 Å². The number of carbonyl (C=O) groups excluding carboxylic acids is 1. The van der Waals surface area contributed by atoms with E-state index in [1.807, 2.05) is 0 Å². The van der Waals surface area contributed by atoms with Gasteiger partial charge in [0.25, 0.3) is 11.4 Å². The lowest BCUT2D eigenvalue weighted by molar-refractivity contribution is -0.140. The fourth-order valence-electron chi connectivity index (χ4n) is 4.54. The second-order valence-corrected chi connectivity index (χ2v) is 8.43. The number of likely N-dealkylation sites (tertiary alicyclic amines) is 1. The van der Waals surface area contributed by atoms with Crippen molar-refractivity contribution in [2.45, 2.75) is 45.3 Å². The number of H-pyrrole nitrogens is 1. The molecule has 35 heavy (non-hydrogen) atoms. The van der Waals surface area contributed by atoms with Crippen LogP contribution in [-0.4, -0.2) is 42.1 Å². The minimum Gasteiger partial charge on any atom is -0.418 e. The van der Waals surface area contributed by atoms with Crippen LogP contribution >= 0.6 is 0 Å². The van der Waals surface area contributed by atoms with Crippen LogP contribution in [0.3, 0.4) is 0 Å². The molecule has 0 saturated carbocycles. The summed E-state index contributed by atoms with van der Waals surface area (Å²) in [6.45, 7) is 3.51. The molecule has 1 atom stereocenters. The molecule has 1 aliphatic heterocycles. The zero-order chi connectivity index (χ0) is 24.9. The summed E-state index contributed by atoms with van der Waals surface area (Å²) in [7, 11) is 0. The number of aryl methyl sites for hydroxylation is 1. The van der Waals surface area contributed by atoms with E-state index in [9.17, 15) is 22.8 Å². The Morgan fingerprint density at radius 1 is 1.14 bits per heavy atom. The molecule has 9 nitrogen and oxygen atoms in total. The highest BCUT2D eigenvalue weighted by Gasteiger charge is 2.39. The van der Waals surface area contributed by atoms with Gasteiger partial charge in [-0.3, -0.25) is 14.7 Å².